The molecule has 1 aromatic rings. The van der Waals surface area contributed by atoms with Crippen LogP contribution in [-0.4, -0.2) is 49.6 Å². The first-order valence-corrected chi connectivity index (χ1v) is 7.25. The number of aryl methyl sites for hydroxylation is 1. The zero-order valence-corrected chi connectivity index (χ0v) is 12.8. The average Bonchev–Trinajstić information content (AvgIpc) is 2.37. The van der Waals surface area contributed by atoms with Gasteiger partial charge in [-0.05, 0) is 44.6 Å². The van der Waals surface area contributed by atoms with Gasteiger partial charge in [-0.2, -0.15) is 0 Å². The molecule has 2 atom stereocenters. The van der Waals surface area contributed by atoms with Gasteiger partial charge in [0, 0.05) is 36.7 Å². The zero-order chi connectivity index (χ0) is 14.0. The number of nitrogens with zero attached hydrogens (tertiary/aromatic N) is 2. The molecule has 0 aliphatic carbocycles. The van der Waals surface area contributed by atoms with Crippen LogP contribution in [0.3, 0.4) is 0 Å². The summed E-state index contributed by atoms with van der Waals surface area (Å²) >= 11 is 6.18. The third kappa shape index (κ3) is 3.69. The second kappa shape index (κ2) is 6.23. The summed E-state index contributed by atoms with van der Waals surface area (Å²) in [4.78, 5) is 4.79. The van der Waals surface area contributed by atoms with Crippen molar-refractivity contribution in [3.63, 3.8) is 0 Å². The topological polar surface area (TPSA) is 32.5 Å². The first-order chi connectivity index (χ1) is 8.97. The number of piperazine rings is 1. The third-order valence-corrected chi connectivity index (χ3v) is 4.54. The minimum Gasteiger partial charge on any atom is -0.324 e. The molecule has 106 valence electrons. The molecule has 1 saturated heterocycles. The molecule has 0 amide bonds. The molecule has 2 unspecified atom stereocenters. The first kappa shape index (κ1) is 14.8. The molecule has 0 saturated carbocycles. The van der Waals surface area contributed by atoms with Gasteiger partial charge in [0.2, 0.25) is 0 Å². The van der Waals surface area contributed by atoms with Gasteiger partial charge in [0.25, 0.3) is 0 Å². The Morgan fingerprint density at radius 2 is 2.11 bits per heavy atom. The molecule has 1 fully saturated rings. The highest BCUT2D eigenvalue weighted by Crippen LogP contribution is 2.24. The minimum absolute atomic E-state index is 0.0528. The Labute approximate surface area is 121 Å². The summed E-state index contributed by atoms with van der Waals surface area (Å²) in [5.41, 5.74) is 8.59. The summed E-state index contributed by atoms with van der Waals surface area (Å²) in [7, 11) is 4.36. The second-order valence-corrected chi connectivity index (χ2v) is 6.15. The fourth-order valence-electron chi connectivity index (χ4n) is 2.62. The maximum absolute atomic E-state index is 6.35. The molecular weight excluding hydrogens is 258 g/mol. The monoisotopic (exact) mass is 281 g/mol. The lowest BCUT2D eigenvalue weighted by Gasteiger charge is -2.38. The maximum atomic E-state index is 6.35. The van der Waals surface area contributed by atoms with Crippen molar-refractivity contribution in [1.29, 1.82) is 0 Å². The Morgan fingerprint density at radius 1 is 1.37 bits per heavy atom. The van der Waals surface area contributed by atoms with Crippen molar-refractivity contribution in [3.8, 4) is 0 Å². The molecule has 0 radical (unpaired) electrons. The summed E-state index contributed by atoms with van der Waals surface area (Å²) in [5, 5.41) is 0.807. The number of nitrogens with two attached hydrogens (primary N) is 1. The van der Waals surface area contributed by atoms with E-state index in [0.29, 0.717) is 6.04 Å². The summed E-state index contributed by atoms with van der Waals surface area (Å²) in [6.45, 7) is 5.35. The van der Waals surface area contributed by atoms with Crippen molar-refractivity contribution in [2.24, 2.45) is 5.73 Å². The largest absolute Gasteiger partial charge is 0.324 e. The lowest BCUT2D eigenvalue weighted by Crippen LogP contribution is -2.50. The van der Waals surface area contributed by atoms with Crippen LogP contribution in [0.1, 0.15) is 23.6 Å². The highest BCUT2D eigenvalue weighted by Gasteiger charge is 2.24. The van der Waals surface area contributed by atoms with E-state index >= 15 is 0 Å². The van der Waals surface area contributed by atoms with Gasteiger partial charge in [-0.1, -0.05) is 23.7 Å². The molecule has 1 heterocycles. The highest BCUT2D eigenvalue weighted by molar-refractivity contribution is 6.31. The summed E-state index contributed by atoms with van der Waals surface area (Å²) in [5.74, 6) is 0. The van der Waals surface area contributed by atoms with Crippen LogP contribution in [0.15, 0.2) is 18.2 Å². The quantitative estimate of drug-likeness (QED) is 0.923. The SMILES string of the molecule is Cc1ccc(C(N)CC2CN(C)CCN2C)cc1Cl. The Hall–Kier alpha value is -0.610. The summed E-state index contributed by atoms with van der Waals surface area (Å²) in [6.07, 6.45) is 0.972. The van der Waals surface area contributed by atoms with Gasteiger partial charge in [0.05, 0.1) is 0 Å². The predicted octanol–water partition coefficient (Wildman–Crippen LogP) is 2.28. The fourth-order valence-corrected chi connectivity index (χ4v) is 2.81. The van der Waals surface area contributed by atoms with E-state index in [0.717, 1.165) is 42.2 Å². The normalized spacial score (nSPS) is 23.5. The molecular formula is C15H24ClN3. The number of halogens is 1. The molecule has 0 spiro atoms. The van der Waals surface area contributed by atoms with Gasteiger partial charge in [-0.15, -0.1) is 0 Å². The van der Waals surface area contributed by atoms with Crippen LogP contribution < -0.4 is 5.73 Å². The van der Waals surface area contributed by atoms with E-state index in [1.165, 1.54) is 0 Å². The van der Waals surface area contributed by atoms with Crippen molar-refractivity contribution >= 4 is 11.6 Å². The van der Waals surface area contributed by atoms with Crippen molar-refractivity contribution < 1.29 is 0 Å². The van der Waals surface area contributed by atoms with Gasteiger partial charge < -0.3 is 15.5 Å². The average molecular weight is 282 g/mol. The number of hydrogen-bond acceptors (Lipinski definition) is 3. The maximum Gasteiger partial charge on any atom is 0.0438 e. The van der Waals surface area contributed by atoms with Crippen molar-refractivity contribution in [1.82, 2.24) is 9.80 Å². The summed E-state index contributed by atoms with van der Waals surface area (Å²) < 4.78 is 0. The molecule has 1 aliphatic rings. The van der Waals surface area contributed by atoms with E-state index in [-0.39, 0.29) is 6.04 Å². The standard InChI is InChI=1S/C15H24ClN3/c1-11-4-5-12(8-14(11)16)15(17)9-13-10-18(2)6-7-19(13)3/h4-5,8,13,15H,6-7,9-10,17H2,1-3H3. The number of benzene rings is 1. The number of hydrogen-bond donors (Lipinski definition) is 1. The molecule has 1 aromatic carbocycles. The smallest absolute Gasteiger partial charge is 0.0438 e. The van der Waals surface area contributed by atoms with Crippen LogP contribution >= 0.6 is 11.6 Å². The second-order valence-electron chi connectivity index (χ2n) is 5.75. The van der Waals surface area contributed by atoms with Crippen molar-refractivity contribution in [2.75, 3.05) is 33.7 Å². The van der Waals surface area contributed by atoms with Gasteiger partial charge in [0.1, 0.15) is 0 Å². The Morgan fingerprint density at radius 3 is 2.79 bits per heavy atom. The van der Waals surface area contributed by atoms with E-state index < -0.39 is 0 Å². The van der Waals surface area contributed by atoms with Crippen LogP contribution in [0, 0.1) is 6.92 Å². The van der Waals surface area contributed by atoms with E-state index in [4.69, 9.17) is 17.3 Å². The van der Waals surface area contributed by atoms with Crippen LogP contribution in [-0.2, 0) is 0 Å². The molecule has 19 heavy (non-hydrogen) atoms. The number of rotatable bonds is 3. The van der Waals surface area contributed by atoms with Crippen molar-refractivity contribution in [2.45, 2.75) is 25.4 Å². The number of likely N-dealkylation sites (N-methyl/N-ethyl adjacent to an activating group) is 2. The van der Waals surface area contributed by atoms with E-state index in [1.54, 1.807) is 0 Å². The molecule has 2 N–H and O–H groups in total. The Kier molecular flexibility index (Phi) is 4.85. The minimum atomic E-state index is 0.0528. The molecule has 2 rings (SSSR count). The van der Waals surface area contributed by atoms with E-state index in [9.17, 15) is 0 Å². The van der Waals surface area contributed by atoms with Gasteiger partial charge in [0.15, 0.2) is 0 Å². The van der Waals surface area contributed by atoms with Crippen LogP contribution in [0.5, 0.6) is 0 Å². The van der Waals surface area contributed by atoms with Gasteiger partial charge >= 0.3 is 0 Å². The van der Waals surface area contributed by atoms with Crippen LogP contribution in [0.4, 0.5) is 0 Å². The van der Waals surface area contributed by atoms with Crippen LogP contribution in [0.2, 0.25) is 5.02 Å². The third-order valence-electron chi connectivity index (χ3n) is 4.13. The lowest BCUT2D eigenvalue weighted by molar-refractivity contribution is 0.104. The van der Waals surface area contributed by atoms with Crippen LogP contribution in [0.25, 0.3) is 0 Å². The molecule has 4 heteroatoms. The van der Waals surface area contributed by atoms with Gasteiger partial charge in [-0.25, -0.2) is 0 Å². The highest BCUT2D eigenvalue weighted by atomic mass is 35.5. The molecule has 0 bridgehead atoms. The Balaban J connectivity index is 2.03. The molecule has 1 aliphatic heterocycles. The van der Waals surface area contributed by atoms with E-state index in [2.05, 4.69) is 30.0 Å². The van der Waals surface area contributed by atoms with Gasteiger partial charge in [-0.3, -0.25) is 0 Å². The lowest BCUT2D eigenvalue weighted by atomic mass is 9.97. The zero-order valence-electron chi connectivity index (χ0n) is 12.1. The van der Waals surface area contributed by atoms with E-state index in [1.807, 2.05) is 19.1 Å². The Bertz CT molecular complexity index is 435. The molecule has 0 aromatic heterocycles. The first-order valence-electron chi connectivity index (χ1n) is 6.88. The van der Waals surface area contributed by atoms with Crippen molar-refractivity contribution in [3.05, 3.63) is 34.3 Å². The summed E-state index contributed by atoms with van der Waals surface area (Å²) in [6, 6.07) is 6.73. The fraction of sp³-hybridized carbons (Fsp3) is 0.600. The predicted molar refractivity (Wildman–Crippen MR) is 81.6 cm³/mol. The molecule has 3 nitrogen and oxygen atoms in total.